The van der Waals surface area contributed by atoms with E-state index in [2.05, 4.69) is 5.32 Å². The fourth-order valence-electron chi connectivity index (χ4n) is 3.13. The van der Waals surface area contributed by atoms with E-state index in [1.807, 2.05) is 60.7 Å². The topological polar surface area (TPSA) is 64.6 Å². The smallest absolute Gasteiger partial charge is 0.354 e. The minimum atomic E-state index is -0.445. The Labute approximate surface area is 164 Å². The van der Waals surface area contributed by atoms with Crippen LogP contribution in [0.3, 0.4) is 0 Å². The van der Waals surface area contributed by atoms with Gasteiger partial charge in [0.05, 0.1) is 12.2 Å². The molecule has 1 heterocycles. The molecular weight excluding hydrogens is 354 g/mol. The van der Waals surface area contributed by atoms with Crippen molar-refractivity contribution in [3.8, 4) is 0 Å². The van der Waals surface area contributed by atoms with E-state index in [1.54, 1.807) is 19.9 Å². The van der Waals surface area contributed by atoms with E-state index in [4.69, 9.17) is 9.47 Å². The number of hydrogen-bond donors (Lipinski definition) is 1. The average Bonchev–Trinajstić information content (AvgIpc) is 2.73. The Hall–Kier alpha value is -3.34. The summed E-state index contributed by atoms with van der Waals surface area (Å²) in [7, 11) is 0. The Morgan fingerprint density at radius 2 is 1.57 bits per heavy atom. The number of hydrogen-bond acceptors (Lipinski definition) is 5. The van der Waals surface area contributed by atoms with Gasteiger partial charge in [-0.1, -0.05) is 60.7 Å². The largest absolute Gasteiger partial charge is 0.461 e. The summed E-state index contributed by atoms with van der Waals surface area (Å²) in [6.45, 7) is 3.99. The van der Waals surface area contributed by atoms with Gasteiger partial charge in [-0.2, -0.15) is 0 Å². The molecule has 1 aliphatic rings. The minimum Gasteiger partial charge on any atom is -0.461 e. The number of carbonyl (C=O) groups excluding carboxylic acids is 2. The highest BCUT2D eigenvalue weighted by atomic mass is 16.5. The molecule has 1 atom stereocenters. The molecule has 0 radical (unpaired) electrons. The molecule has 3 rings (SSSR count). The zero-order valence-corrected chi connectivity index (χ0v) is 16.0. The maximum atomic E-state index is 12.9. The van der Waals surface area contributed by atoms with Crippen molar-refractivity contribution in [1.82, 2.24) is 5.32 Å². The summed E-state index contributed by atoms with van der Waals surface area (Å²) in [6, 6.07) is 19.1. The van der Waals surface area contributed by atoms with E-state index >= 15 is 0 Å². The van der Waals surface area contributed by atoms with Gasteiger partial charge in [0.1, 0.15) is 12.3 Å². The fraction of sp³-hybridized carbons (Fsp3) is 0.217. The van der Waals surface area contributed by atoms with Gasteiger partial charge in [-0.05, 0) is 31.1 Å². The third-order valence-corrected chi connectivity index (χ3v) is 4.46. The van der Waals surface area contributed by atoms with Crippen LogP contribution in [0.15, 0.2) is 83.7 Å². The molecule has 0 saturated heterocycles. The molecule has 0 saturated carbocycles. The van der Waals surface area contributed by atoms with Gasteiger partial charge in [0.2, 0.25) is 0 Å². The lowest BCUT2D eigenvalue weighted by Crippen LogP contribution is -2.30. The summed E-state index contributed by atoms with van der Waals surface area (Å²) in [5.41, 5.74) is 3.20. The number of benzene rings is 2. The van der Waals surface area contributed by atoms with Crippen LogP contribution in [0.25, 0.3) is 0 Å². The first-order valence-corrected chi connectivity index (χ1v) is 9.23. The van der Waals surface area contributed by atoms with Crippen LogP contribution in [0.4, 0.5) is 0 Å². The van der Waals surface area contributed by atoms with Crippen molar-refractivity contribution in [3.05, 3.63) is 94.8 Å². The van der Waals surface area contributed by atoms with Crippen LogP contribution >= 0.6 is 0 Å². The zero-order valence-electron chi connectivity index (χ0n) is 16.0. The molecule has 2 aromatic rings. The highest BCUT2D eigenvalue weighted by Crippen LogP contribution is 2.33. The van der Waals surface area contributed by atoms with Gasteiger partial charge in [-0.25, -0.2) is 9.59 Å². The van der Waals surface area contributed by atoms with Crippen molar-refractivity contribution in [2.24, 2.45) is 0 Å². The Bertz CT molecular complexity index is 901. The predicted octanol–water partition coefficient (Wildman–Crippen LogP) is 3.84. The molecule has 5 nitrogen and oxygen atoms in total. The fourth-order valence-corrected chi connectivity index (χ4v) is 3.13. The molecule has 0 fully saturated rings. The highest BCUT2D eigenvalue weighted by Gasteiger charge is 2.31. The SMILES string of the molecule is CCOC(=O)C1=CC(c2ccccc2)C(C(=O)OCc2ccccc2)=C(C)N1. The minimum absolute atomic E-state index is 0.187. The molecular formula is C23H23NO4. The summed E-state index contributed by atoms with van der Waals surface area (Å²) in [5.74, 6) is -1.26. The van der Waals surface area contributed by atoms with Crippen molar-refractivity contribution >= 4 is 11.9 Å². The van der Waals surface area contributed by atoms with Gasteiger partial charge >= 0.3 is 11.9 Å². The van der Waals surface area contributed by atoms with Crippen LogP contribution in [-0.4, -0.2) is 18.5 Å². The summed E-state index contributed by atoms with van der Waals surface area (Å²) >= 11 is 0. The quantitative estimate of drug-likeness (QED) is 0.775. The van der Waals surface area contributed by atoms with Crippen LogP contribution in [-0.2, 0) is 25.7 Å². The van der Waals surface area contributed by atoms with Gasteiger partial charge in [0.15, 0.2) is 0 Å². The van der Waals surface area contributed by atoms with Gasteiger partial charge < -0.3 is 14.8 Å². The lowest BCUT2D eigenvalue weighted by molar-refractivity contribution is -0.141. The van der Waals surface area contributed by atoms with E-state index in [0.717, 1.165) is 11.1 Å². The van der Waals surface area contributed by atoms with Crippen molar-refractivity contribution in [1.29, 1.82) is 0 Å². The summed E-state index contributed by atoms with van der Waals surface area (Å²) in [4.78, 5) is 25.1. The molecule has 1 unspecified atom stereocenters. The standard InChI is InChI=1S/C23H23NO4/c1-3-27-22(25)20-14-19(18-12-8-5-9-13-18)21(16(2)24-20)23(26)28-15-17-10-6-4-7-11-17/h4-14,19,24H,3,15H2,1-2H3. The molecule has 0 aliphatic carbocycles. The maximum Gasteiger partial charge on any atom is 0.354 e. The molecule has 1 N–H and O–H groups in total. The number of allylic oxidation sites excluding steroid dienone is 2. The number of esters is 2. The van der Waals surface area contributed by atoms with Crippen LogP contribution < -0.4 is 5.32 Å². The van der Waals surface area contributed by atoms with Crippen molar-refractivity contribution in [2.45, 2.75) is 26.4 Å². The van der Waals surface area contributed by atoms with E-state index in [-0.39, 0.29) is 13.2 Å². The normalized spacial score (nSPS) is 16.1. The molecule has 1 aliphatic heterocycles. The van der Waals surface area contributed by atoms with Crippen LogP contribution in [0, 0.1) is 0 Å². The zero-order chi connectivity index (χ0) is 19.9. The second-order valence-corrected chi connectivity index (χ2v) is 6.41. The highest BCUT2D eigenvalue weighted by molar-refractivity contribution is 5.95. The van der Waals surface area contributed by atoms with Crippen molar-refractivity contribution in [3.63, 3.8) is 0 Å². The third kappa shape index (κ3) is 4.49. The molecule has 0 amide bonds. The van der Waals surface area contributed by atoms with Gasteiger partial charge in [0, 0.05) is 11.6 Å². The van der Waals surface area contributed by atoms with Crippen molar-refractivity contribution in [2.75, 3.05) is 6.61 Å². The van der Waals surface area contributed by atoms with Crippen molar-refractivity contribution < 1.29 is 19.1 Å². The van der Waals surface area contributed by atoms with E-state index in [1.165, 1.54) is 0 Å². The average molecular weight is 377 g/mol. The summed E-state index contributed by atoms with van der Waals surface area (Å²) < 4.78 is 10.7. The number of ether oxygens (including phenoxy) is 2. The van der Waals surface area contributed by atoms with E-state index in [9.17, 15) is 9.59 Å². The number of rotatable bonds is 6. The van der Waals surface area contributed by atoms with Crippen LogP contribution in [0.2, 0.25) is 0 Å². The Morgan fingerprint density at radius 1 is 0.929 bits per heavy atom. The molecule has 5 heteroatoms. The van der Waals surface area contributed by atoms with Gasteiger partial charge in [-0.15, -0.1) is 0 Å². The lowest BCUT2D eigenvalue weighted by atomic mass is 9.86. The lowest BCUT2D eigenvalue weighted by Gasteiger charge is -2.26. The predicted molar refractivity (Wildman–Crippen MR) is 106 cm³/mol. The van der Waals surface area contributed by atoms with E-state index in [0.29, 0.717) is 17.0 Å². The molecule has 0 bridgehead atoms. The van der Waals surface area contributed by atoms with Crippen LogP contribution in [0.1, 0.15) is 30.9 Å². The molecule has 0 spiro atoms. The Kier molecular flexibility index (Phi) is 6.27. The number of nitrogens with one attached hydrogen (secondary N) is 1. The molecule has 144 valence electrons. The van der Waals surface area contributed by atoms with Gasteiger partial charge in [0.25, 0.3) is 0 Å². The third-order valence-electron chi connectivity index (χ3n) is 4.46. The first-order valence-electron chi connectivity index (χ1n) is 9.23. The Balaban J connectivity index is 1.88. The monoisotopic (exact) mass is 377 g/mol. The van der Waals surface area contributed by atoms with Gasteiger partial charge in [-0.3, -0.25) is 0 Å². The summed E-state index contributed by atoms with van der Waals surface area (Å²) in [5, 5.41) is 3.00. The Morgan fingerprint density at radius 3 is 2.21 bits per heavy atom. The van der Waals surface area contributed by atoms with Crippen LogP contribution in [0.5, 0.6) is 0 Å². The maximum absolute atomic E-state index is 12.9. The first kappa shape index (κ1) is 19.4. The number of dihydropyridines is 1. The second-order valence-electron chi connectivity index (χ2n) is 6.41. The van der Waals surface area contributed by atoms with E-state index < -0.39 is 17.9 Å². The second kappa shape index (κ2) is 9.04. The molecule has 0 aromatic heterocycles. The molecule has 28 heavy (non-hydrogen) atoms. The number of carbonyl (C=O) groups is 2. The first-order chi connectivity index (χ1) is 13.6. The molecule has 2 aromatic carbocycles. The summed E-state index contributed by atoms with van der Waals surface area (Å²) in [6.07, 6.45) is 1.72.